The third-order valence-corrected chi connectivity index (χ3v) is 6.00. The van der Waals surface area contributed by atoms with Crippen molar-refractivity contribution in [2.24, 2.45) is 0 Å². The average molecular weight is 430 g/mol. The molecule has 0 spiro atoms. The Morgan fingerprint density at radius 2 is 1.41 bits per heavy atom. The van der Waals surface area contributed by atoms with Crippen molar-refractivity contribution in [3.8, 4) is 11.1 Å². The molecule has 3 aromatic rings. The highest BCUT2D eigenvalue weighted by atomic mass is 16.6. The monoisotopic (exact) mass is 429 g/mol. The zero-order valence-electron chi connectivity index (χ0n) is 18.3. The first-order valence-corrected chi connectivity index (χ1v) is 10.9. The van der Waals surface area contributed by atoms with Crippen molar-refractivity contribution in [1.29, 1.82) is 0 Å². The quantitative estimate of drug-likeness (QED) is 0.550. The minimum Gasteiger partial charge on any atom is -0.480 e. The van der Waals surface area contributed by atoms with E-state index in [1.54, 1.807) is 0 Å². The van der Waals surface area contributed by atoms with Gasteiger partial charge in [-0.3, -0.25) is 4.90 Å². The fraction of sp³-hybridized carbons (Fsp3) is 0.259. The number of carboxylic acids is 1. The maximum Gasteiger partial charge on any atom is 0.410 e. The number of carbonyl (C=O) groups excluding carboxylic acids is 1. The summed E-state index contributed by atoms with van der Waals surface area (Å²) in [5.41, 5.74) is 5.40. The van der Waals surface area contributed by atoms with Crippen molar-refractivity contribution < 1.29 is 19.4 Å². The molecule has 0 unspecified atom stereocenters. The zero-order chi connectivity index (χ0) is 22.7. The van der Waals surface area contributed by atoms with Gasteiger partial charge in [0.25, 0.3) is 0 Å². The first-order chi connectivity index (χ1) is 15.5. The highest BCUT2D eigenvalue weighted by Crippen LogP contribution is 2.44. The van der Waals surface area contributed by atoms with Gasteiger partial charge in [-0.05, 0) is 41.7 Å². The van der Waals surface area contributed by atoms with Crippen molar-refractivity contribution in [2.45, 2.75) is 38.3 Å². The van der Waals surface area contributed by atoms with E-state index >= 15 is 0 Å². The first-order valence-electron chi connectivity index (χ1n) is 10.9. The van der Waals surface area contributed by atoms with Gasteiger partial charge in [-0.25, -0.2) is 9.59 Å². The largest absolute Gasteiger partial charge is 0.480 e. The Bertz CT molecular complexity index is 1060. The maximum atomic E-state index is 13.1. The number of hydrogen-bond acceptors (Lipinski definition) is 3. The number of rotatable bonds is 7. The van der Waals surface area contributed by atoms with Crippen LogP contribution in [0, 0.1) is 0 Å². The SMILES string of the molecule is CC(C)N(C(=O)OCC1c2ccccc2-c2ccccc21)[C@@H](Cc1ccccc1)C(=O)O. The topological polar surface area (TPSA) is 66.8 Å². The van der Waals surface area contributed by atoms with Crippen LogP contribution in [0.25, 0.3) is 11.1 Å². The summed E-state index contributed by atoms with van der Waals surface area (Å²) in [5.74, 6) is -1.12. The number of hydrogen-bond donors (Lipinski definition) is 1. The van der Waals surface area contributed by atoms with Gasteiger partial charge < -0.3 is 9.84 Å². The summed E-state index contributed by atoms with van der Waals surface area (Å²) in [7, 11) is 0. The van der Waals surface area contributed by atoms with E-state index in [2.05, 4.69) is 24.3 Å². The van der Waals surface area contributed by atoms with E-state index in [9.17, 15) is 14.7 Å². The average Bonchev–Trinajstić information content (AvgIpc) is 3.11. The number of benzene rings is 3. The molecule has 0 fully saturated rings. The Labute approximate surface area is 188 Å². The third kappa shape index (κ3) is 4.24. The first kappa shape index (κ1) is 21.6. The lowest BCUT2D eigenvalue weighted by Crippen LogP contribution is -2.50. The molecule has 0 aliphatic heterocycles. The van der Waals surface area contributed by atoms with Crippen molar-refractivity contribution in [3.63, 3.8) is 0 Å². The number of fused-ring (bicyclic) bond motifs is 3. The number of carbonyl (C=O) groups is 2. The van der Waals surface area contributed by atoms with E-state index in [4.69, 9.17) is 4.74 Å². The van der Waals surface area contributed by atoms with Gasteiger partial charge in [0, 0.05) is 18.4 Å². The Morgan fingerprint density at radius 1 is 0.875 bits per heavy atom. The van der Waals surface area contributed by atoms with Crippen LogP contribution in [-0.4, -0.2) is 40.8 Å². The van der Waals surface area contributed by atoms with Gasteiger partial charge in [-0.2, -0.15) is 0 Å². The number of amides is 1. The summed E-state index contributed by atoms with van der Waals surface area (Å²) >= 11 is 0. The molecule has 0 saturated heterocycles. The second-order valence-corrected chi connectivity index (χ2v) is 8.35. The molecule has 3 aromatic carbocycles. The predicted octanol–water partition coefficient (Wildman–Crippen LogP) is 5.34. The van der Waals surface area contributed by atoms with Crippen LogP contribution in [0.3, 0.4) is 0 Å². The number of aliphatic carboxylic acids is 1. The van der Waals surface area contributed by atoms with Crippen LogP contribution in [0.15, 0.2) is 78.9 Å². The Morgan fingerprint density at radius 3 is 1.94 bits per heavy atom. The zero-order valence-corrected chi connectivity index (χ0v) is 18.3. The van der Waals surface area contributed by atoms with Crippen molar-refractivity contribution in [3.05, 3.63) is 95.6 Å². The molecule has 0 heterocycles. The van der Waals surface area contributed by atoms with Gasteiger partial charge in [0.15, 0.2) is 0 Å². The highest BCUT2D eigenvalue weighted by molar-refractivity contribution is 5.81. The minimum absolute atomic E-state index is 0.0715. The van der Waals surface area contributed by atoms with E-state index in [1.165, 1.54) is 4.90 Å². The Hall–Kier alpha value is -3.60. The molecule has 0 aromatic heterocycles. The molecule has 1 atom stereocenters. The van der Waals surface area contributed by atoms with Crippen LogP contribution in [0.2, 0.25) is 0 Å². The van der Waals surface area contributed by atoms with Crippen LogP contribution >= 0.6 is 0 Å². The van der Waals surface area contributed by atoms with Gasteiger partial charge in [0.2, 0.25) is 0 Å². The second-order valence-electron chi connectivity index (χ2n) is 8.35. The maximum absolute atomic E-state index is 13.1. The number of ether oxygens (including phenoxy) is 1. The molecule has 1 aliphatic carbocycles. The lowest BCUT2D eigenvalue weighted by Gasteiger charge is -2.32. The molecule has 1 N–H and O–H groups in total. The summed E-state index contributed by atoms with van der Waals surface area (Å²) in [4.78, 5) is 26.6. The Kier molecular flexibility index (Phi) is 6.26. The van der Waals surface area contributed by atoms with E-state index < -0.39 is 18.1 Å². The van der Waals surface area contributed by atoms with Gasteiger partial charge in [-0.1, -0.05) is 78.9 Å². The van der Waals surface area contributed by atoms with E-state index in [0.717, 1.165) is 27.8 Å². The van der Waals surface area contributed by atoms with Crippen LogP contribution < -0.4 is 0 Å². The van der Waals surface area contributed by atoms with E-state index in [0.29, 0.717) is 0 Å². The molecular weight excluding hydrogens is 402 g/mol. The minimum atomic E-state index is -1.05. The summed E-state index contributed by atoms with van der Waals surface area (Å²) in [6.45, 7) is 3.78. The lowest BCUT2D eigenvalue weighted by molar-refractivity contribution is -0.143. The lowest BCUT2D eigenvalue weighted by atomic mass is 9.98. The molecule has 5 nitrogen and oxygen atoms in total. The number of nitrogens with zero attached hydrogens (tertiary/aromatic N) is 1. The fourth-order valence-electron chi connectivity index (χ4n) is 4.51. The van der Waals surface area contributed by atoms with Crippen LogP contribution in [0.4, 0.5) is 4.79 Å². The standard InChI is InChI=1S/C27H27NO4/c1-18(2)28(25(26(29)30)16-19-10-4-3-5-11-19)27(31)32-17-24-22-14-8-6-12-20(22)21-13-7-9-15-23(21)24/h3-15,18,24-25H,16-17H2,1-2H3,(H,29,30)/t25-/m0/s1. The fourth-order valence-corrected chi connectivity index (χ4v) is 4.51. The van der Waals surface area contributed by atoms with Crippen LogP contribution in [0.5, 0.6) is 0 Å². The van der Waals surface area contributed by atoms with Crippen LogP contribution in [-0.2, 0) is 16.0 Å². The van der Waals surface area contributed by atoms with Gasteiger partial charge in [0.05, 0.1) is 0 Å². The molecule has 0 bridgehead atoms. The molecule has 164 valence electrons. The molecule has 0 radical (unpaired) electrons. The highest BCUT2D eigenvalue weighted by Gasteiger charge is 2.35. The van der Waals surface area contributed by atoms with Gasteiger partial charge in [-0.15, -0.1) is 0 Å². The van der Waals surface area contributed by atoms with Crippen molar-refractivity contribution >= 4 is 12.1 Å². The molecule has 1 aliphatic rings. The summed E-state index contributed by atoms with van der Waals surface area (Å²) < 4.78 is 5.76. The van der Waals surface area contributed by atoms with Gasteiger partial charge in [0.1, 0.15) is 12.6 Å². The van der Waals surface area contributed by atoms with Crippen LogP contribution in [0.1, 0.15) is 36.5 Å². The van der Waals surface area contributed by atoms with E-state index in [-0.39, 0.29) is 25.0 Å². The molecule has 5 heteroatoms. The summed E-state index contributed by atoms with van der Waals surface area (Å²) in [6, 6.07) is 24.3. The Balaban J connectivity index is 1.54. The predicted molar refractivity (Wildman–Crippen MR) is 124 cm³/mol. The molecule has 1 amide bonds. The normalized spacial score (nSPS) is 13.3. The molecule has 0 saturated carbocycles. The van der Waals surface area contributed by atoms with E-state index in [1.807, 2.05) is 68.4 Å². The third-order valence-electron chi connectivity index (χ3n) is 6.00. The summed E-state index contributed by atoms with van der Waals surface area (Å²) in [6.07, 6.45) is -0.386. The molecular formula is C27H27NO4. The summed E-state index contributed by atoms with van der Waals surface area (Å²) in [5, 5.41) is 9.89. The van der Waals surface area contributed by atoms with Crippen molar-refractivity contribution in [1.82, 2.24) is 4.90 Å². The molecule has 4 rings (SSSR count). The molecule has 32 heavy (non-hydrogen) atoms. The smallest absolute Gasteiger partial charge is 0.410 e. The van der Waals surface area contributed by atoms with Crippen molar-refractivity contribution in [2.75, 3.05) is 6.61 Å². The van der Waals surface area contributed by atoms with Gasteiger partial charge >= 0.3 is 12.1 Å². The second kappa shape index (κ2) is 9.27. The number of carboxylic acid groups (broad SMARTS) is 1.